The van der Waals surface area contributed by atoms with Gasteiger partial charge in [0.05, 0.1) is 6.42 Å². The molecule has 0 saturated carbocycles. The minimum absolute atomic E-state index is 0.187. The zero-order valence-corrected chi connectivity index (χ0v) is 21.8. The normalized spacial score (nSPS) is 18.8. The van der Waals surface area contributed by atoms with Crippen molar-refractivity contribution < 1.29 is 19.1 Å². The summed E-state index contributed by atoms with van der Waals surface area (Å²) in [7, 11) is 0. The van der Waals surface area contributed by atoms with Gasteiger partial charge >= 0.3 is 5.97 Å². The van der Waals surface area contributed by atoms with Gasteiger partial charge < -0.3 is 10.1 Å². The standard InChI is InChI=1S/C31H28N2O4S/c1-2-12-24-20-38-30-26(32-25(34)19-21-13-6-3-7-14-21)29(35)33(30)27(24)31(36)37-28(22-15-8-4-9-16-22)23-17-10-5-11-18-23/h2-18,26,28,30H,19-20H2,1H3,(H,32,34)/b12-2+/t26-,30-/m1/s1. The monoisotopic (exact) mass is 524 g/mol. The molecule has 1 fully saturated rings. The van der Waals surface area contributed by atoms with E-state index in [-0.39, 0.29) is 29.3 Å². The third kappa shape index (κ3) is 5.29. The molecular formula is C31H28N2O4S. The topological polar surface area (TPSA) is 75.7 Å². The molecule has 1 N–H and O–H groups in total. The Hall–Kier alpha value is -4.10. The van der Waals surface area contributed by atoms with Crippen LogP contribution in [-0.2, 0) is 25.5 Å². The molecule has 0 aliphatic carbocycles. The second-order valence-electron chi connectivity index (χ2n) is 9.10. The van der Waals surface area contributed by atoms with E-state index in [1.807, 2.05) is 110 Å². The van der Waals surface area contributed by atoms with Crippen LogP contribution in [0.2, 0.25) is 0 Å². The number of carbonyl (C=O) groups excluding carboxylic acids is 3. The maximum atomic E-state index is 13.7. The van der Waals surface area contributed by atoms with Crippen molar-refractivity contribution in [2.75, 3.05) is 5.75 Å². The first-order valence-electron chi connectivity index (χ1n) is 12.5. The molecule has 7 heteroatoms. The maximum absolute atomic E-state index is 13.7. The van der Waals surface area contributed by atoms with Gasteiger partial charge in [-0.3, -0.25) is 14.5 Å². The average molecular weight is 525 g/mol. The molecule has 192 valence electrons. The van der Waals surface area contributed by atoms with Gasteiger partial charge in [-0.2, -0.15) is 0 Å². The fourth-order valence-corrected chi connectivity index (χ4v) is 6.03. The van der Waals surface area contributed by atoms with Crippen LogP contribution in [0.15, 0.2) is 114 Å². The van der Waals surface area contributed by atoms with Crippen molar-refractivity contribution in [3.63, 3.8) is 0 Å². The van der Waals surface area contributed by atoms with Gasteiger partial charge in [-0.1, -0.05) is 103 Å². The molecule has 2 aliphatic heterocycles. The Kier molecular flexibility index (Phi) is 7.75. The molecule has 0 aromatic heterocycles. The third-order valence-electron chi connectivity index (χ3n) is 6.51. The SMILES string of the molecule is C/C=C/C1=C(C(=O)OC(c2ccccc2)c2ccccc2)N2C(=O)[C@@H](NC(=O)Cc3ccccc3)[C@H]2SC1. The van der Waals surface area contributed by atoms with Crippen molar-refractivity contribution in [3.05, 3.63) is 131 Å². The van der Waals surface area contributed by atoms with Gasteiger partial charge in [0.25, 0.3) is 5.91 Å². The van der Waals surface area contributed by atoms with Gasteiger partial charge in [-0.15, -0.1) is 11.8 Å². The summed E-state index contributed by atoms with van der Waals surface area (Å²) in [6, 6.07) is 27.8. The summed E-state index contributed by atoms with van der Waals surface area (Å²) in [6.45, 7) is 1.87. The number of benzene rings is 3. The lowest BCUT2D eigenvalue weighted by Crippen LogP contribution is -2.70. The van der Waals surface area contributed by atoms with Crippen LogP contribution in [0.4, 0.5) is 0 Å². The minimum atomic E-state index is -0.690. The molecule has 6 nitrogen and oxygen atoms in total. The van der Waals surface area contributed by atoms with E-state index in [1.54, 1.807) is 0 Å². The molecule has 1 saturated heterocycles. The van der Waals surface area contributed by atoms with E-state index in [9.17, 15) is 14.4 Å². The van der Waals surface area contributed by atoms with Crippen molar-refractivity contribution in [3.8, 4) is 0 Å². The number of hydrogen-bond acceptors (Lipinski definition) is 5. The van der Waals surface area contributed by atoms with Crippen molar-refractivity contribution in [2.45, 2.75) is 30.9 Å². The zero-order valence-electron chi connectivity index (χ0n) is 20.9. The number of thioether (sulfide) groups is 1. The summed E-state index contributed by atoms with van der Waals surface area (Å²) in [6.07, 6.45) is 3.25. The summed E-state index contributed by atoms with van der Waals surface area (Å²) >= 11 is 1.53. The number of rotatable bonds is 8. The Balaban J connectivity index is 1.37. The Morgan fingerprint density at radius 2 is 1.55 bits per heavy atom. The van der Waals surface area contributed by atoms with E-state index >= 15 is 0 Å². The highest BCUT2D eigenvalue weighted by atomic mass is 32.2. The average Bonchev–Trinajstić information content (AvgIpc) is 2.96. The van der Waals surface area contributed by atoms with Crippen molar-refractivity contribution in [1.29, 1.82) is 0 Å². The van der Waals surface area contributed by atoms with E-state index < -0.39 is 18.1 Å². The van der Waals surface area contributed by atoms with Gasteiger partial charge in [0.2, 0.25) is 5.91 Å². The smallest absolute Gasteiger partial charge is 0.356 e. The van der Waals surface area contributed by atoms with Crippen LogP contribution < -0.4 is 5.32 Å². The fourth-order valence-electron chi connectivity index (χ4n) is 4.71. The largest absolute Gasteiger partial charge is 0.448 e. The van der Waals surface area contributed by atoms with Crippen LogP contribution in [0, 0.1) is 0 Å². The second-order valence-corrected chi connectivity index (χ2v) is 10.2. The Morgan fingerprint density at radius 3 is 2.13 bits per heavy atom. The van der Waals surface area contributed by atoms with Crippen LogP contribution in [0.1, 0.15) is 29.7 Å². The van der Waals surface area contributed by atoms with Crippen LogP contribution in [-0.4, -0.2) is 39.9 Å². The highest BCUT2D eigenvalue weighted by Gasteiger charge is 2.54. The number of carbonyl (C=O) groups is 3. The molecule has 2 heterocycles. The number of fused-ring (bicyclic) bond motifs is 1. The van der Waals surface area contributed by atoms with Gasteiger partial charge in [0.15, 0.2) is 6.10 Å². The number of allylic oxidation sites excluding steroid dienone is 2. The summed E-state index contributed by atoms with van der Waals surface area (Å²) in [4.78, 5) is 41.2. The van der Waals surface area contributed by atoms with E-state index in [2.05, 4.69) is 5.32 Å². The summed E-state index contributed by atoms with van der Waals surface area (Å²) in [5, 5.41) is 2.50. The van der Waals surface area contributed by atoms with Crippen LogP contribution in [0.3, 0.4) is 0 Å². The molecule has 0 radical (unpaired) electrons. The van der Waals surface area contributed by atoms with Crippen molar-refractivity contribution in [2.24, 2.45) is 0 Å². The van der Waals surface area contributed by atoms with Crippen LogP contribution >= 0.6 is 11.8 Å². The number of hydrogen-bond donors (Lipinski definition) is 1. The van der Waals surface area contributed by atoms with Crippen molar-refractivity contribution in [1.82, 2.24) is 10.2 Å². The number of nitrogens with one attached hydrogen (secondary N) is 1. The number of esters is 1. The predicted octanol–water partition coefficient (Wildman–Crippen LogP) is 4.79. The van der Waals surface area contributed by atoms with Gasteiger partial charge in [-0.05, 0) is 29.2 Å². The molecule has 3 aromatic rings. The summed E-state index contributed by atoms with van der Waals surface area (Å²) in [5.41, 5.74) is 3.51. The molecule has 5 rings (SSSR count). The molecule has 3 aromatic carbocycles. The van der Waals surface area contributed by atoms with Gasteiger partial charge in [-0.25, -0.2) is 4.79 Å². The van der Waals surface area contributed by atoms with Crippen molar-refractivity contribution >= 4 is 29.5 Å². The first-order valence-corrected chi connectivity index (χ1v) is 13.6. The van der Waals surface area contributed by atoms with Gasteiger partial charge in [0, 0.05) is 5.75 Å². The molecule has 2 atom stereocenters. The number of amides is 2. The zero-order chi connectivity index (χ0) is 26.5. The summed E-state index contributed by atoms with van der Waals surface area (Å²) in [5.74, 6) is -0.581. The number of β-lactam (4-membered cyclic amide) rings is 1. The van der Waals surface area contributed by atoms with E-state index in [1.165, 1.54) is 16.7 Å². The molecule has 38 heavy (non-hydrogen) atoms. The first kappa shape index (κ1) is 25.5. The molecule has 0 bridgehead atoms. The fraction of sp³-hybridized carbons (Fsp3) is 0.194. The molecular weight excluding hydrogens is 496 g/mol. The van der Waals surface area contributed by atoms with Gasteiger partial charge in [0.1, 0.15) is 17.1 Å². The quantitative estimate of drug-likeness (QED) is 0.339. The highest BCUT2D eigenvalue weighted by Crippen LogP contribution is 2.42. The second kappa shape index (κ2) is 11.5. The van der Waals surface area contributed by atoms with E-state index in [0.29, 0.717) is 5.75 Å². The van der Waals surface area contributed by atoms with E-state index in [0.717, 1.165) is 22.3 Å². The third-order valence-corrected chi connectivity index (χ3v) is 7.81. The maximum Gasteiger partial charge on any atom is 0.356 e. The number of nitrogens with zero attached hydrogens (tertiary/aromatic N) is 1. The first-order chi connectivity index (χ1) is 18.6. The summed E-state index contributed by atoms with van der Waals surface area (Å²) < 4.78 is 6.11. The molecule has 0 unspecified atom stereocenters. The minimum Gasteiger partial charge on any atom is -0.448 e. The Bertz CT molecular complexity index is 1330. The van der Waals surface area contributed by atoms with Crippen LogP contribution in [0.25, 0.3) is 0 Å². The molecule has 2 amide bonds. The lowest BCUT2D eigenvalue weighted by atomic mass is 10.00. The van der Waals surface area contributed by atoms with Crippen LogP contribution in [0.5, 0.6) is 0 Å². The van der Waals surface area contributed by atoms with E-state index in [4.69, 9.17) is 4.74 Å². The highest BCUT2D eigenvalue weighted by molar-refractivity contribution is 8.00. The lowest BCUT2D eigenvalue weighted by molar-refractivity contribution is -0.154. The molecule has 2 aliphatic rings. The number of ether oxygens (including phenoxy) is 1. The Morgan fingerprint density at radius 1 is 0.974 bits per heavy atom. The lowest BCUT2D eigenvalue weighted by Gasteiger charge is -2.49. The predicted molar refractivity (Wildman–Crippen MR) is 148 cm³/mol. The molecule has 0 spiro atoms. The Labute approximate surface area is 226 Å².